The molecule has 1 heterocycles. The zero-order chi connectivity index (χ0) is 21.1. The van der Waals surface area contributed by atoms with Gasteiger partial charge in [-0.15, -0.1) is 0 Å². The Bertz CT molecular complexity index is 1060. The van der Waals surface area contributed by atoms with Crippen molar-refractivity contribution in [3.63, 3.8) is 0 Å². The molecule has 3 aromatic rings. The topological polar surface area (TPSA) is 104 Å². The second kappa shape index (κ2) is 8.09. The van der Waals surface area contributed by atoms with Crippen molar-refractivity contribution in [2.75, 3.05) is 0 Å². The molecule has 0 aliphatic heterocycles. The minimum Gasteiger partial charge on any atom is -0.493 e. The highest BCUT2D eigenvalue weighted by Crippen LogP contribution is 2.23. The van der Waals surface area contributed by atoms with Gasteiger partial charge in [-0.1, -0.05) is 29.8 Å². The number of nitrogens with zero attached hydrogens (tertiary/aromatic N) is 2. The maximum atomic E-state index is 14.0. The molecule has 0 saturated carbocycles. The van der Waals surface area contributed by atoms with E-state index in [4.69, 9.17) is 5.11 Å². The van der Waals surface area contributed by atoms with Gasteiger partial charge in [0, 0.05) is 12.1 Å². The number of aromatic hydroxyl groups is 1. The summed E-state index contributed by atoms with van der Waals surface area (Å²) in [4.78, 5) is 23.8. The van der Waals surface area contributed by atoms with Crippen molar-refractivity contribution in [3.05, 3.63) is 77.0 Å². The van der Waals surface area contributed by atoms with E-state index in [2.05, 4.69) is 10.4 Å². The Kier molecular flexibility index (Phi) is 5.58. The molecule has 7 nitrogen and oxygen atoms in total. The van der Waals surface area contributed by atoms with Crippen LogP contribution >= 0.6 is 0 Å². The van der Waals surface area contributed by atoms with Gasteiger partial charge in [0.05, 0.1) is 12.5 Å². The molecule has 0 spiro atoms. The lowest BCUT2D eigenvalue weighted by atomic mass is 10.0. The van der Waals surface area contributed by atoms with E-state index in [-0.39, 0.29) is 17.8 Å². The van der Waals surface area contributed by atoms with Crippen LogP contribution < -0.4 is 5.32 Å². The molecule has 0 unspecified atom stereocenters. The summed E-state index contributed by atoms with van der Waals surface area (Å²) in [7, 11) is 0. The van der Waals surface area contributed by atoms with Crippen LogP contribution in [-0.2, 0) is 4.79 Å². The normalized spacial score (nSPS) is 11.8. The molecule has 1 aromatic heterocycles. The maximum Gasteiger partial charge on any atom is 0.305 e. The molecule has 0 aliphatic rings. The molecule has 9 heteroatoms. The summed E-state index contributed by atoms with van der Waals surface area (Å²) >= 11 is 0. The van der Waals surface area contributed by atoms with Gasteiger partial charge in [0.15, 0.2) is 11.5 Å². The monoisotopic (exact) mass is 401 g/mol. The smallest absolute Gasteiger partial charge is 0.305 e. The van der Waals surface area contributed by atoms with Gasteiger partial charge in [0.1, 0.15) is 11.5 Å². The van der Waals surface area contributed by atoms with E-state index in [0.29, 0.717) is 11.6 Å². The van der Waals surface area contributed by atoms with Crippen molar-refractivity contribution in [3.8, 4) is 11.6 Å². The maximum absolute atomic E-state index is 14.0. The molecule has 3 rings (SSSR count). The highest BCUT2D eigenvalue weighted by atomic mass is 19.1. The van der Waals surface area contributed by atoms with Crippen LogP contribution in [0.1, 0.15) is 34.1 Å². The number of rotatable bonds is 6. The number of carboxylic acid groups (broad SMARTS) is 1. The zero-order valence-corrected chi connectivity index (χ0v) is 15.3. The third kappa shape index (κ3) is 4.57. The zero-order valence-electron chi connectivity index (χ0n) is 15.3. The van der Waals surface area contributed by atoms with E-state index >= 15 is 0 Å². The SMILES string of the molecule is Cc1ccc([C@H](CC(=O)O)NC(=O)c2cc(O)n(-c3ccc(F)cc3F)n2)cc1. The Hall–Kier alpha value is -3.75. The predicted molar refractivity (Wildman–Crippen MR) is 98.8 cm³/mol. The average molecular weight is 401 g/mol. The van der Waals surface area contributed by atoms with Gasteiger partial charge in [-0.05, 0) is 24.6 Å². The molecular formula is C20H17F2N3O4. The number of aryl methyl sites for hydroxylation is 1. The molecule has 1 atom stereocenters. The van der Waals surface area contributed by atoms with Gasteiger partial charge in [-0.3, -0.25) is 9.59 Å². The summed E-state index contributed by atoms with van der Waals surface area (Å²) in [5.41, 5.74) is 1.05. The lowest BCUT2D eigenvalue weighted by Gasteiger charge is -2.17. The summed E-state index contributed by atoms with van der Waals surface area (Å²) in [6, 6.07) is 9.82. The minimum atomic E-state index is -1.11. The first-order valence-corrected chi connectivity index (χ1v) is 8.58. The van der Waals surface area contributed by atoms with E-state index in [1.807, 2.05) is 6.92 Å². The average Bonchev–Trinajstić information content (AvgIpc) is 3.03. The van der Waals surface area contributed by atoms with Gasteiger partial charge >= 0.3 is 5.97 Å². The number of benzene rings is 2. The van der Waals surface area contributed by atoms with Crippen LogP contribution in [0.15, 0.2) is 48.5 Å². The van der Waals surface area contributed by atoms with E-state index in [9.17, 15) is 23.5 Å². The molecule has 3 N–H and O–H groups in total. The van der Waals surface area contributed by atoms with Crippen molar-refractivity contribution < 1.29 is 28.6 Å². The van der Waals surface area contributed by atoms with Crippen molar-refractivity contribution >= 4 is 11.9 Å². The van der Waals surface area contributed by atoms with Crippen LogP contribution in [0.25, 0.3) is 5.69 Å². The van der Waals surface area contributed by atoms with Crippen molar-refractivity contribution in [1.29, 1.82) is 0 Å². The van der Waals surface area contributed by atoms with Crippen LogP contribution in [0.4, 0.5) is 8.78 Å². The fourth-order valence-corrected chi connectivity index (χ4v) is 2.77. The first-order chi connectivity index (χ1) is 13.7. The quantitative estimate of drug-likeness (QED) is 0.589. The summed E-state index contributed by atoms with van der Waals surface area (Å²) in [5.74, 6) is -4.18. The Morgan fingerprint density at radius 2 is 1.83 bits per heavy atom. The molecule has 29 heavy (non-hydrogen) atoms. The highest BCUT2D eigenvalue weighted by molar-refractivity contribution is 5.93. The number of aliphatic carboxylic acids is 1. The summed E-state index contributed by atoms with van der Waals surface area (Å²) < 4.78 is 27.8. The fraction of sp³-hybridized carbons (Fsp3) is 0.150. The number of carbonyl (C=O) groups is 2. The van der Waals surface area contributed by atoms with Gasteiger partial charge in [-0.2, -0.15) is 9.78 Å². The first-order valence-electron chi connectivity index (χ1n) is 8.58. The number of aromatic nitrogens is 2. The Morgan fingerprint density at radius 1 is 1.14 bits per heavy atom. The minimum absolute atomic E-state index is 0.247. The number of carboxylic acids is 1. The predicted octanol–water partition coefficient (Wildman–Crippen LogP) is 3.11. The van der Waals surface area contributed by atoms with Gasteiger partial charge in [-0.25, -0.2) is 8.78 Å². The first kappa shape index (κ1) is 20.0. The Labute approximate surface area is 164 Å². The number of hydrogen-bond acceptors (Lipinski definition) is 4. The number of hydrogen-bond donors (Lipinski definition) is 3. The van der Waals surface area contributed by atoms with Crippen molar-refractivity contribution in [2.24, 2.45) is 0 Å². The summed E-state index contributed by atoms with van der Waals surface area (Å²) in [5, 5.41) is 25.6. The summed E-state index contributed by atoms with van der Waals surface area (Å²) in [6.07, 6.45) is -0.367. The summed E-state index contributed by atoms with van der Waals surface area (Å²) in [6.45, 7) is 1.87. The van der Waals surface area contributed by atoms with Gasteiger partial charge in [0.25, 0.3) is 5.91 Å². The molecule has 0 radical (unpaired) electrons. The van der Waals surface area contributed by atoms with Gasteiger partial charge in [0.2, 0.25) is 5.88 Å². The molecule has 0 bridgehead atoms. The lowest BCUT2D eigenvalue weighted by molar-refractivity contribution is -0.137. The Balaban J connectivity index is 1.87. The van der Waals surface area contributed by atoms with Crippen molar-refractivity contribution in [2.45, 2.75) is 19.4 Å². The van der Waals surface area contributed by atoms with E-state index in [0.717, 1.165) is 28.4 Å². The molecule has 0 aliphatic carbocycles. The number of carbonyl (C=O) groups excluding carboxylic acids is 1. The van der Waals surface area contributed by atoms with Gasteiger partial charge < -0.3 is 15.5 Å². The van der Waals surface area contributed by atoms with Crippen LogP contribution in [-0.4, -0.2) is 31.9 Å². The fourth-order valence-electron chi connectivity index (χ4n) is 2.77. The van der Waals surface area contributed by atoms with Crippen LogP contribution in [0.2, 0.25) is 0 Å². The molecule has 1 amide bonds. The van der Waals surface area contributed by atoms with E-state index in [1.54, 1.807) is 24.3 Å². The molecular weight excluding hydrogens is 384 g/mol. The molecule has 0 saturated heterocycles. The van der Waals surface area contributed by atoms with Crippen LogP contribution in [0.3, 0.4) is 0 Å². The third-order valence-electron chi connectivity index (χ3n) is 4.22. The molecule has 0 fully saturated rings. The Morgan fingerprint density at radius 3 is 2.45 bits per heavy atom. The van der Waals surface area contributed by atoms with E-state index in [1.165, 1.54) is 0 Å². The second-order valence-corrected chi connectivity index (χ2v) is 6.43. The van der Waals surface area contributed by atoms with Crippen molar-refractivity contribution in [1.82, 2.24) is 15.1 Å². The van der Waals surface area contributed by atoms with E-state index < -0.39 is 35.4 Å². The largest absolute Gasteiger partial charge is 0.493 e. The second-order valence-electron chi connectivity index (χ2n) is 6.43. The standard InChI is InChI=1S/C20H17F2N3O4/c1-11-2-4-12(5-3-11)15(10-19(27)28)23-20(29)16-9-18(26)25(24-16)17-7-6-13(21)8-14(17)22/h2-9,15,26H,10H2,1H3,(H,23,29)(H,27,28)/t15-/m0/s1. The lowest BCUT2D eigenvalue weighted by Crippen LogP contribution is -2.30. The number of halogens is 2. The van der Waals surface area contributed by atoms with Crippen LogP contribution in [0.5, 0.6) is 5.88 Å². The molecule has 150 valence electrons. The number of amides is 1. The van der Waals surface area contributed by atoms with Crippen LogP contribution in [0, 0.1) is 18.6 Å². The highest BCUT2D eigenvalue weighted by Gasteiger charge is 2.22. The molecule has 2 aromatic carbocycles. The third-order valence-corrected chi connectivity index (χ3v) is 4.22. The number of nitrogens with one attached hydrogen (secondary N) is 1.